The van der Waals surface area contributed by atoms with Gasteiger partial charge in [-0.3, -0.25) is 4.79 Å². The van der Waals surface area contributed by atoms with Crippen molar-refractivity contribution in [2.75, 3.05) is 11.1 Å². The van der Waals surface area contributed by atoms with Crippen LogP contribution in [0.2, 0.25) is 10.0 Å². The quantitative estimate of drug-likeness (QED) is 0.613. The zero-order valence-electron chi connectivity index (χ0n) is 13.8. The minimum atomic E-state index is -0.177. The smallest absolute Gasteiger partial charge is 0.236 e. The number of nitrogens with zero attached hydrogens (tertiary/aromatic N) is 4. The average molecular weight is 408 g/mol. The molecule has 2 heterocycles. The first kappa shape index (κ1) is 18.7. The van der Waals surface area contributed by atoms with Crippen LogP contribution in [0.15, 0.2) is 47.8 Å². The van der Waals surface area contributed by atoms with Crippen molar-refractivity contribution < 1.29 is 4.79 Å². The van der Waals surface area contributed by atoms with E-state index in [1.165, 1.54) is 18.0 Å². The number of hydrogen-bond donors (Lipinski definition) is 1. The van der Waals surface area contributed by atoms with Crippen molar-refractivity contribution in [3.8, 4) is 11.4 Å². The second kappa shape index (κ2) is 8.53. The van der Waals surface area contributed by atoms with Crippen molar-refractivity contribution in [1.29, 1.82) is 0 Å². The van der Waals surface area contributed by atoms with Gasteiger partial charge in [-0.05, 0) is 43.3 Å². The van der Waals surface area contributed by atoms with Crippen molar-refractivity contribution in [1.82, 2.24) is 19.7 Å². The Kier molecular flexibility index (Phi) is 6.13. The summed E-state index contributed by atoms with van der Waals surface area (Å²) in [6, 6.07) is 10.7. The fraction of sp³-hybridized carbons (Fsp3) is 0.176. The van der Waals surface area contributed by atoms with Gasteiger partial charge in [-0.15, -0.1) is 10.2 Å². The summed E-state index contributed by atoms with van der Waals surface area (Å²) in [5.74, 6) is 1.22. The maximum absolute atomic E-state index is 12.1. The SMILES string of the molecule is CCn1c(SCC(=O)Nc2ccc(Cl)cn2)nnc1-c1ccc(Cl)cc1. The summed E-state index contributed by atoms with van der Waals surface area (Å²) < 4.78 is 1.96. The Hall–Kier alpha value is -2.09. The number of carbonyl (C=O) groups excluding carboxylic acids is 1. The number of benzene rings is 1. The topological polar surface area (TPSA) is 72.7 Å². The molecule has 1 N–H and O–H groups in total. The Labute approximate surface area is 164 Å². The zero-order valence-corrected chi connectivity index (χ0v) is 16.1. The number of aromatic nitrogens is 4. The molecular weight excluding hydrogens is 393 g/mol. The monoisotopic (exact) mass is 407 g/mol. The van der Waals surface area contributed by atoms with Crippen LogP contribution in [0.4, 0.5) is 5.82 Å². The summed E-state index contributed by atoms with van der Waals surface area (Å²) in [7, 11) is 0. The number of thioether (sulfide) groups is 1. The van der Waals surface area contributed by atoms with E-state index in [0.29, 0.717) is 27.6 Å². The van der Waals surface area contributed by atoms with Crippen LogP contribution in [0.3, 0.4) is 0 Å². The van der Waals surface area contributed by atoms with E-state index < -0.39 is 0 Å². The second-order valence-corrected chi connectivity index (χ2v) is 7.07. The van der Waals surface area contributed by atoms with Gasteiger partial charge in [0.1, 0.15) is 5.82 Å². The van der Waals surface area contributed by atoms with Gasteiger partial charge in [-0.25, -0.2) is 4.98 Å². The summed E-state index contributed by atoms with van der Waals surface area (Å²) in [5, 5.41) is 13.0. The predicted octanol–water partition coefficient (Wildman–Crippen LogP) is 4.40. The number of hydrogen-bond acceptors (Lipinski definition) is 5. The molecule has 0 atom stereocenters. The number of nitrogens with one attached hydrogen (secondary N) is 1. The van der Waals surface area contributed by atoms with Crippen LogP contribution in [0.25, 0.3) is 11.4 Å². The largest absolute Gasteiger partial charge is 0.310 e. The summed E-state index contributed by atoms with van der Waals surface area (Å²) in [5.41, 5.74) is 0.922. The molecule has 2 aromatic heterocycles. The fourth-order valence-corrected chi connectivity index (χ4v) is 3.29. The van der Waals surface area contributed by atoms with Crippen molar-refractivity contribution in [2.24, 2.45) is 0 Å². The highest BCUT2D eigenvalue weighted by Gasteiger charge is 2.14. The molecule has 0 aliphatic heterocycles. The third kappa shape index (κ3) is 4.55. The number of rotatable bonds is 6. The second-order valence-electron chi connectivity index (χ2n) is 5.26. The van der Waals surface area contributed by atoms with Gasteiger partial charge in [-0.1, -0.05) is 35.0 Å². The molecule has 1 aromatic carbocycles. The van der Waals surface area contributed by atoms with Crippen LogP contribution in [0, 0.1) is 0 Å². The average Bonchev–Trinajstić information content (AvgIpc) is 3.05. The zero-order chi connectivity index (χ0) is 18.5. The van der Waals surface area contributed by atoms with E-state index in [9.17, 15) is 4.79 Å². The molecule has 0 fully saturated rings. The van der Waals surface area contributed by atoms with Crippen LogP contribution in [0.5, 0.6) is 0 Å². The van der Waals surface area contributed by atoms with Crippen LogP contribution in [-0.4, -0.2) is 31.4 Å². The van der Waals surface area contributed by atoms with E-state index >= 15 is 0 Å². The maximum Gasteiger partial charge on any atom is 0.236 e. The molecule has 0 aliphatic carbocycles. The summed E-state index contributed by atoms with van der Waals surface area (Å²) in [6.07, 6.45) is 1.48. The molecule has 0 saturated heterocycles. The standard InChI is InChI=1S/C17H15Cl2N5OS/c1-2-24-16(11-3-5-12(18)6-4-11)22-23-17(24)26-10-15(25)21-14-8-7-13(19)9-20-14/h3-9H,2,10H2,1H3,(H,20,21,25). The maximum atomic E-state index is 12.1. The van der Waals surface area contributed by atoms with E-state index in [4.69, 9.17) is 23.2 Å². The van der Waals surface area contributed by atoms with Crippen molar-refractivity contribution >= 4 is 46.7 Å². The van der Waals surface area contributed by atoms with Crippen LogP contribution >= 0.6 is 35.0 Å². The third-order valence-corrected chi connectivity index (χ3v) is 4.91. The van der Waals surface area contributed by atoms with Gasteiger partial charge in [0.2, 0.25) is 5.91 Å². The molecule has 0 radical (unpaired) electrons. The van der Waals surface area contributed by atoms with Gasteiger partial charge in [-0.2, -0.15) is 0 Å². The Morgan fingerprint density at radius 3 is 2.50 bits per heavy atom. The first-order valence-corrected chi connectivity index (χ1v) is 9.54. The van der Waals surface area contributed by atoms with Crippen LogP contribution < -0.4 is 5.32 Å². The summed E-state index contributed by atoms with van der Waals surface area (Å²) in [4.78, 5) is 16.1. The molecule has 6 nitrogen and oxygen atoms in total. The summed E-state index contributed by atoms with van der Waals surface area (Å²) >= 11 is 13.0. The van der Waals surface area contributed by atoms with Crippen LogP contribution in [0.1, 0.15) is 6.92 Å². The molecule has 0 spiro atoms. The Morgan fingerprint density at radius 1 is 1.12 bits per heavy atom. The van der Waals surface area contributed by atoms with E-state index in [1.807, 2.05) is 35.8 Å². The number of pyridine rings is 1. The molecule has 0 unspecified atom stereocenters. The number of anilines is 1. The van der Waals surface area contributed by atoms with Gasteiger partial charge in [0.25, 0.3) is 0 Å². The Balaban J connectivity index is 1.67. The molecular formula is C17H15Cl2N5OS. The van der Waals surface area contributed by atoms with Gasteiger partial charge < -0.3 is 9.88 Å². The molecule has 0 saturated carbocycles. The first-order valence-electron chi connectivity index (χ1n) is 7.80. The number of carbonyl (C=O) groups is 1. The van der Waals surface area contributed by atoms with E-state index in [1.54, 1.807) is 12.1 Å². The lowest BCUT2D eigenvalue weighted by Gasteiger charge is -2.08. The normalized spacial score (nSPS) is 10.7. The first-order chi connectivity index (χ1) is 12.6. The van der Waals surface area contributed by atoms with Crippen molar-refractivity contribution in [3.63, 3.8) is 0 Å². The van der Waals surface area contributed by atoms with E-state index in [-0.39, 0.29) is 11.7 Å². The highest BCUT2D eigenvalue weighted by Crippen LogP contribution is 2.25. The molecule has 134 valence electrons. The Bertz CT molecular complexity index is 897. The van der Waals surface area contributed by atoms with E-state index in [2.05, 4.69) is 20.5 Å². The highest BCUT2D eigenvalue weighted by molar-refractivity contribution is 7.99. The Morgan fingerprint density at radius 2 is 1.85 bits per heavy atom. The lowest BCUT2D eigenvalue weighted by Crippen LogP contribution is -2.15. The molecule has 1 amide bonds. The van der Waals surface area contributed by atoms with Crippen LogP contribution in [-0.2, 0) is 11.3 Å². The minimum Gasteiger partial charge on any atom is -0.310 e. The van der Waals surface area contributed by atoms with E-state index in [0.717, 1.165) is 11.4 Å². The number of halogens is 2. The van der Waals surface area contributed by atoms with Crippen molar-refractivity contribution in [2.45, 2.75) is 18.6 Å². The lowest BCUT2D eigenvalue weighted by atomic mass is 10.2. The van der Waals surface area contributed by atoms with Gasteiger partial charge in [0.15, 0.2) is 11.0 Å². The molecule has 0 bridgehead atoms. The molecule has 9 heteroatoms. The number of amides is 1. The molecule has 26 heavy (non-hydrogen) atoms. The van der Waals surface area contributed by atoms with Gasteiger partial charge in [0, 0.05) is 23.3 Å². The summed E-state index contributed by atoms with van der Waals surface area (Å²) in [6.45, 7) is 2.69. The van der Waals surface area contributed by atoms with Gasteiger partial charge >= 0.3 is 0 Å². The van der Waals surface area contributed by atoms with Gasteiger partial charge in [0.05, 0.1) is 10.8 Å². The minimum absolute atomic E-state index is 0.177. The molecule has 3 aromatic rings. The fourth-order valence-electron chi connectivity index (χ4n) is 2.25. The lowest BCUT2D eigenvalue weighted by molar-refractivity contribution is -0.113. The molecule has 0 aliphatic rings. The molecule has 3 rings (SSSR count). The van der Waals surface area contributed by atoms with Crippen molar-refractivity contribution in [3.05, 3.63) is 52.6 Å². The third-order valence-electron chi connectivity index (χ3n) is 3.46. The highest BCUT2D eigenvalue weighted by atomic mass is 35.5. The predicted molar refractivity (Wildman–Crippen MR) is 105 cm³/mol.